The van der Waals surface area contributed by atoms with Crippen molar-refractivity contribution < 1.29 is 4.39 Å². The van der Waals surface area contributed by atoms with Gasteiger partial charge in [0.25, 0.3) is 0 Å². The van der Waals surface area contributed by atoms with Crippen LogP contribution in [0, 0.1) is 0 Å². The Morgan fingerprint density at radius 2 is 1.79 bits per heavy atom. The molecule has 1 heteroatoms. The standard InChI is InChI=1S/C18H15F/c1-12-10-11-13(2)18(19)17(12)16-9-5-7-14-6-3-4-8-15(14)16/h3-10H,2,11H2,1H3. The van der Waals surface area contributed by atoms with Crippen LogP contribution >= 0.6 is 0 Å². The van der Waals surface area contributed by atoms with E-state index in [-0.39, 0.29) is 5.83 Å². The average Bonchev–Trinajstić information content (AvgIpc) is 2.44. The molecule has 94 valence electrons. The smallest absolute Gasteiger partial charge is 0.134 e. The molecule has 19 heavy (non-hydrogen) atoms. The molecule has 0 radical (unpaired) electrons. The topological polar surface area (TPSA) is 0 Å². The zero-order valence-electron chi connectivity index (χ0n) is 10.9. The third-order valence-corrected chi connectivity index (χ3v) is 3.64. The fraction of sp³-hybridized carbons (Fsp3) is 0.111. The predicted molar refractivity (Wildman–Crippen MR) is 79.5 cm³/mol. The van der Waals surface area contributed by atoms with Crippen LogP contribution in [0.2, 0.25) is 0 Å². The lowest BCUT2D eigenvalue weighted by atomic mass is 9.87. The van der Waals surface area contributed by atoms with Gasteiger partial charge in [-0.15, -0.1) is 0 Å². The van der Waals surface area contributed by atoms with Gasteiger partial charge in [0.15, 0.2) is 0 Å². The number of hydrogen-bond acceptors (Lipinski definition) is 0. The Morgan fingerprint density at radius 3 is 2.63 bits per heavy atom. The van der Waals surface area contributed by atoms with E-state index in [1.54, 1.807) is 0 Å². The molecular formula is C18H15F. The highest BCUT2D eigenvalue weighted by atomic mass is 19.1. The molecule has 0 fully saturated rings. The monoisotopic (exact) mass is 250 g/mol. The normalized spacial score (nSPS) is 15.9. The van der Waals surface area contributed by atoms with E-state index >= 15 is 0 Å². The van der Waals surface area contributed by atoms with Crippen LogP contribution < -0.4 is 0 Å². The number of rotatable bonds is 1. The Bertz CT molecular complexity index is 727. The van der Waals surface area contributed by atoms with Crippen molar-refractivity contribution in [1.29, 1.82) is 0 Å². The molecule has 0 bridgehead atoms. The molecule has 0 heterocycles. The highest BCUT2D eigenvalue weighted by molar-refractivity contribution is 5.99. The van der Waals surface area contributed by atoms with E-state index in [4.69, 9.17) is 0 Å². The SMILES string of the molecule is C=C1CC=C(C)C(c2cccc3ccccc23)=C1F. The van der Waals surface area contributed by atoms with Crippen LogP contribution in [-0.4, -0.2) is 0 Å². The van der Waals surface area contributed by atoms with Crippen molar-refractivity contribution in [3.05, 3.63) is 77.7 Å². The van der Waals surface area contributed by atoms with Crippen LogP contribution in [0.1, 0.15) is 18.9 Å². The predicted octanol–water partition coefficient (Wildman–Crippen LogP) is 5.43. The third-order valence-electron chi connectivity index (χ3n) is 3.64. The maximum Gasteiger partial charge on any atom is 0.134 e. The molecule has 1 aliphatic carbocycles. The molecule has 0 nitrogen and oxygen atoms in total. The van der Waals surface area contributed by atoms with Gasteiger partial charge in [-0.05, 0) is 40.8 Å². The Balaban J connectivity index is 2.33. The molecule has 0 spiro atoms. The first-order valence-electron chi connectivity index (χ1n) is 6.41. The second-order valence-corrected chi connectivity index (χ2v) is 4.91. The second-order valence-electron chi connectivity index (χ2n) is 4.91. The maximum absolute atomic E-state index is 14.4. The molecular weight excluding hydrogens is 235 g/mol. The molecule has 0 aliphatic heterocycles. The summed E-state index contributed by atoms with van der Waals surface area (Å²) in [5.74, 6) is -0.170. The summed E-state index contributed by atoms with van der Waals surface area (Å²) in [5.41, 5.74) is 3.19. The van der Waals surface area contributed by atoms with Crippen LogP contribution in [0.5, 0.6) is 0 Å². The number of fused-ring (bicyclic) bond motifs is 1. The second kappa shape index (κ2) is 4.51. The zero-order valence-corrected chi connectivity index (χ0v) is 10.9. The van der Waals surface area contributed by atoms with Crippen molar-refractivity contribution in [3.8, 4) is 0 Å². The Hall–Kier alpha value is -2.15. The van der Waals surface area contributed by atoms with Crippen LogP contribution in [0.4, 0.5) is 4.39 Å². The summed E-state index contributed by atoms with van der Waals surface area (Å²) in [6, 6.07) is 14.1. The highest BCUT2D eigenvalue weighted by Crippen LogP contribution is 2.38. The first kappa shape index (κ1) is 11.9. The van der Waals surface area contributed by atoms with Gasteiger partial charge in [0.05, 0.1) is 0 Å². The zero-order chi connectivity index (χ0) is 13.4. The molecule has 0 N–H and O–H groups in total. The molecule has 0 saturated carbocycles. The van der Waals surface area contributed by atoms with Crippen molar-refractivity contribution in [1.82, 2.24) is 0 Å². The lowest BCUT2D eigenvalue weighted by molar-refractivity contribution is 0.647. The number of benzene rings is 2. The van der Waals surface area contributed by atoms with Crippen LogP contribution in [0.25, 0.3) is 16.3 Å². The first-order valence-corrected chi connectivity index (χ1v) is 6.41. The highest BCUT2D eigenvalue weighted by Gasteiger charge is 2.19. The van der Waals surface area contributed by atoms with E-state index in [9.17, 15) is 4.39 Å². The van der Waals surface area contributed by atoms with E-state index < -0.39 is 0 Å². The molecule has 0 unspecified atom stereocenters. The van der Waals surface area contributed by atoms with Crippen molar-refractivity contribution in [2.45, 2.75) is 13.3 Å². The average molecular weight is 250 g/mol. The lowest BCUT2D eigenvalue weighted by Gasteiger charge is -2.18. The minimum absolute atomic E-state index is 0.170. The van der Waals surface area contributed by atoms with E-state index in [1.165, 1.54) is 0 Å². The van der Waals surface area contributed by atoms with Gasteiger partial charge in [-0.25, -0.2) is 4.39 Å². The molecule has 1 aliphatic rings. The quantitative estimate of drug-likeness (QED) is 0.633. The minimum atomic E-state index is -0.170. The fourth-order valence-corrected chi connectivity index (χ4v) is 2.59. The number of halogens is 1. The number of allylic oxidation sites excluding steroid dienone is 5. The Kier molecular flexibility index (Phi) is 2.83. The maximum atomic E-state index is 14.4. The number of hydrogen-bond donors (Lipinski definition) is 0. The lowest BCUT2D eigenvalue weighted by Crippen LogP contribution is -1.99. The van der Waals surface area contributed by atoms with Gasteiger partial charge in [0, 0.05) is 5.57 Å². The van der Waals surface area contributed by atoms with Crippen molar-refractivity contribution in [2.24, 2.45) is 0 Å². The van der Waals surface area contributed by atoms with Gasteiger partial charge in [0.2, 0.25) is 0 Å². The summed E-state index contributed by atoms with van der Waals surface area (Å²) in [4.78, 5) is 0. The van der Waals surface area contributed by atoms with Gasteiger partial charge in [-0.3, -0.25) is 0 Å². The van der Waals surface area contributed by atoms with Gasteiger partial charge in [0.1, 0.15) is 5.83 Å². The first-order chi connectivity index (χ1) is 9.18. The molecule has 0 amide bonds. The van der Waals surface area contributed by atoms with Crippen LogP contribution in [0.15, 0.2) is 72.1 Å². The molecule has 0 aromatic heterocycles. The van der Waals surface area contributed by atoms with Gasteiger partial charge in [-0.1, -0.05) is 55.1 Å². The summed E-state index contributed by atoms with van der Waals surface area (Å²) in [5, 5.41) is 2.21. The van der Waals surface area contributed by atoms with Crippen LogP contribution in [0.3, 0.4) is 0 Å². The molecule has 2 aromatic carbocycles. The molecule has 0 saturated heterocycles. The summed E-state index contributed by atoms with van der Waals surface area (Å²) in [7, 11) is 0. The largest absolute Gasteiger partial charge is 0.206 e. The molecule has 3 rings (SSSR count). The summed E-state index contributed by atoms with van der Waals surface area (Å²) >= 11 is 0. The summed E-state index contributed by atoms with van der Waals surface area (Å²) < 4.78 is 14.4. The summed E-state index contributed by atoms with van der Waals surface area (Å²) in [6.45, 7) is 5.77. The Labute approximate surface area is 112 Å². The van der Waals surface area contributed by atoms with Crippen molar-refractivity contribution >= 4 is 16.3 Å². The molecule has 0 atom stereocenters. The van der Waals surface area contributed by atoms with Gasteiger partial charge in [-0.2, -0.15) is 0 Å². The molecule has 2 aromatic rings. The summed E-state index contributed by atoms with van der Waals surface area (Å²) in [6.07, 6.45) is 2.65. The van der Waals surface area contributed by atoms with Crippen LogP contribution in [-0.2, 0) is 0 Å². The van der Waals surface area contributed by atoms with E-state index in [1.807, 2.05) is 55.5 Å². The van der Waals surface area contributed by atoms with E-state index in [0.717, 1.165) is 21.9 Å². The Morgan fingerprint density at radius 1 is 1.05 bits per heavy atom. The van der Waals surface area contributed by atoms with Gasteiger partial charge < -0.3 is 0 Å². The van der Waals surface area contributed by atoms with E-state index in [2.05, 4.69) is 6.58 Å². The third kappa shape index (κ3) is 1.91. The van der Waals surface area contributed by atoms with Crippen molar-refractivity contribution in [3.63, 3.8) is 0 Å². The minimum Gasteiger partial charge on any atom is -0.206 e. The van der Waals surface area contributed by atoms with Crippen molar-refractivity contribution in [2.75, 3.05) is 0 Å². The van der Waals surface area contributed by atoms with E-state index in [0.29, 0.717) is 17.6 Å². The van der Waals surface area contributed by atoms with Gasteiger partial charge >= 0.3 is 0 Å². The fourth-order valence-electron chi connectivity index (χ4n) is 2.59.